The monoisotopic (exact) mass is 389 g/mol. The number of hydrogen-bond acceptors (Lipinski definition) is 1. The molecule has 0 aliphatic rings. The predicted molar refractivity (Wildman–Crippen MR) is 61.5 cm³/mol. The fraction of sp³-hybridized carbons (Fsp3) is 0.222. The summed E-state index contributed by atoms with van der Waals surface area (Å²) in [6.07, 6.45) is -4.42. The molecule has 0 N–H and O–H groups in total. The maximum Gasteiger partial charge on any atom is 0.416 e. The zero-order valence-corrected chi connectivity index (χ0v) is 10.9. The van der Waals surface area contributed by atoms with Gasteiger partial charge in [0.15, 0.2) is 0 Å². The van der Waals surface area contributed by atoms with Crippen LogP contribution in [0.1, 0.15) is 16.7 Å². The van der Waals surface area contributed by atoms with E-state index in [1.165, 1.54) is 6.07 Å². The van der Waals surface area contributed by atoms with Gasteiger partial charge >= 0.3 is 6.18 Å². The Morgan fingerprint density at radius 3 is 2.40 bits per heavy atom. The van der Waals surface area contributed by atoms with Crippen molar-refractivity contribution in [2.24, 2.45) is 0 Å². The summed E-state index contributed by atoms with van der Waals surface area (Å²) < 4.78 is 38.2. The lowest BCUT2D eigenvalue weighted by molar-refractivity contribution is -0.138. The van der Waals surface area contributed by atoms with Crippen LogP contribution in [0.4, 0.5) is 13.2 Å². The largest absolute Gasteiger partial charge is 0.416 e. The van der Waals surface area contributed by atoms with Gasteiger partial charge in [-0.15, -0.1) is 0 Å². The molecular formula is C9H4BrF3IN. The van der Waals surface area contributed by atoms with Crippen molar-refractivity contribution in [1.29, 1.82) is 5.26 Å². The molecule has 0 heterocycles. The zero-order valence-electron chi connectivity index (χ0n) is 7.20. The summed E-state index contributed by atoms with van der Waals surface area (Å²) in [6, 6.07) is 4.02. The summed E-state index contributed by atoms with van der Waals surface area (Å²) in [5.41, 5.74) is -0.554. The SMILES string of the molecule is N#Cc1cc(I)c(CBr)c(C(F)(F)F)c1. The third-order valence-electron chi connectivity index (χ3n) is 1.76. The Bertz CT molecular complexity index is 423. The van der Waals surface area contributed by atoms with Gasteiger partial charge in [-0.05, 0) is 40.3 Å². The first kappa shape index (κ1) is 12.8. The van der Waals surface area contributed by atoms with Crippen LogP contribution < -0.4 is 0 Å². The van der Waals surface area contributed by atoms with Crippen molar-refractivity contribution in [3.8, 4) is 6.07 Å². The van der Waals surface area contributed by atoms with E-state index in [1.807, 2.05) is 0 Å². The van der Waals surface area contributed by atoms with E-state index >= 15 is 0 Å². The Kier molecular flexibility index (Phi) is 4.00. The molecule has 0 aliphatic heterocycles. The summed E-state index contributed by atoms with van der Waals surface area (Å²) >= 11 is 4.80. The lowest BCUT2D eigenvalue weighted by atomic mass is 10.1. The number of halogens is 5. The molecule has 0 spiro atoms. The van der Waals surface area contributed by atoms with Crippen LogP contribution in [0.3, 0.4) is 0 Å². The van der Waals surface area contributed by atoms with Gasteiger partial charge in [0.1, 0.15) is 0 Å². The minimum atomic E-state index is -4.42. The number of rotatable bonds is 1. The van der Waals surface area contributed by atoms with Gasteiger partial charge in [0, 0.05) is 8.90 Å². The normalized spacial score (nSPS) is 11.2. The number of hydrogen-bond donors (Lipinski definition) is 0. The average Bonchev–Trinajstić information content (AvgIpc) is 2.15. The molecule has 1 nitrogen and oxygen atoms in total. The minimum Gasteiger partial charge on any atom is -0.192 e. The molecule has 0 atom stereocenters. The molecule has 0 saturated carbocycles. The molecule has 15 heavy (non-hydrogen) atoms. The molecule has 0 amide bonds. The second-order valence-electron chi connectivity index (χ2n) is 2.73. The van der Waals surface area contributed by atoms with E-state index in [1.54, 1.807) is 28.7 Å². The van der Waals surface area contributed by atoms with E-state index < -0.39 is 11.7 Å². The Morgan fingerprint density at radius 2 is 2.00 bits per heavy atom. The third kappa shape index (κ3) is 2.84. The highest BCUT2D eigenvalue weighted by atomic mass is 127. The Labute approximate surface area is 107 Å². The summed E-state index contributed by atoms with van der Waals surface area (Å²) in [4.78, 5) is 0. The van der Waals surface area contributed by atoms with Crippen LogP contribution in [0.2, 0.25) is 0 Å². The van der Waals surface area contributed by atoms with E-state index in [9.17, 15) is 13.2 Å². The minimum absolute atomic E-state index is 0.0245. The molecule has 0 radical (unpaired) electrons. The van der Waals surface area contributed by atoms with E-state index in [-0.39, 0.29) is 16.5 Å². The van der Waals surface area contributed by atoms with E-state index in [2.05, 4.69) is 15.9 Å². The van der Waals surface area contributed by atoms with Crippen LogP contribution in [0.5, 0.6) is 0 Å². The highest BCUT2D eigenvalue weighted by molar-refractivity contribution is 14.1. The summed E-state index contributed by atoms with van der Waals surface area (Å²) in [6.45, 7) is 0. The molecule has 6 heteroatoms. The Hall–Kier alpha value is -0.290. The van der Waals surface area contributed by atoms with Gasteiger partial charge in [-0.1, -0.05) is 15.9 Å². The molecule has 1 aromatic rings. The van der Waals surface area contributed by atoms with Crippen molar-refractivity contribution in [3.63, 3.8) is 0 Å². The van der Waals surface area contributed by atoms with Crippen LogP contribution in [0.15, 0.2) is 12.1 Å². The summed E-state index contributed by atoms with van der Waals surface area (Å²) in [5, 5.41) is 8.70. The van der Waals surface area contributed by atoms with Gasteiger partial charge in [0.25, 0.3) is 0 Å². The molecule has 0 aliphatic carbocycles. The summed E-state index contributed by atoms with van der Waals surface area (Å²) in [5.74, 6) is 0. The first-order valence-corrected chi connectivity index (χ1v) is 5.96. The van der Waals surface area contributed by atoms with Crippen molar-refractivity contribution >= 4 is 38.5 Å². The molecule has 0 aromatic heterocycles. The van der Waals surface area contributed by atoms with Crippen LogP contribution in [-0.4, -0.2) is 0 Å². The van der Waals surface area contributed by atoms with Crippen LogP contribution in [-0.2, 0) is 11.5 Å². The van der Waals surface area contributed by atoms with Gasteiger partial charge in [0.05, 0.1) is 17.2 Å². The number of alkyl halides is 4. The van der Waals surface area contributed by atoms with Crippen LogP contribution in [0, 0.1) is 14.9 Å². The Balaban J connectivity index is 3.48. The van der Waals surface area contributed by atoms with Gasteiger partial charge < -0.3 is 0 Å². The fourth-order valence-corrected chi connectivity index (χ4v) is 3.03. The van der Waals surface area contributed by atoms with Crippen molar-refractivity contribution < 1.29 is 13.2 Å². The highest BCUT2D eigenvalue weighted by Crippen LogP contribution is 2.35. The quantitative estimate of drug-likeness (QED) is 0.524. The van der Waals surface area contributed by atoms with Gasteiger partial charge in [-0.3, -0.25) is 0 Å². The Morgan fingerprint density at radius 1 is 1.40 bits per heavy atom. The lowest BCUT2D eigenvalue weighted by Gasteiger charge is -2.13. The van der Waals surface area contributed by atoms with Crippen LogP contribution >= 0.6 is 38.5 Å². The molecule has 1 rings (SSSR count). The second-order valence-corrected chi connectivity index (χ2v) is 4.45. The van der Waals surface area contributed by atoms with Crippen molar-refractivity contribution in [1.82, 2.24) is 0 Å². The molecule has 80 valence electrons. The number of nitrogens with zero attached hydrogens (tertiary/aromatic N) is 1. The lowest BCUT2D eigenvalue weighted by Crippen LogP contribution is -2.10. The number of benzene rings is 1. The maximum absolute atomic E-state index is 12.6. The van der Waals surface area contributed by atoms with E-state index in [4.69, 9.17) is 5.26 Å². The van der Waals surface area contributed by atoms with Crippen LogP contribution in [0.25, 0.3) is 0 Å². The molecule has 0 fully saturated rings. The first-order valence-electron chi connectivity index (χ1n) is 3.76. The average molecular weight is 390 g/mol. The van der Waals surface area contributed by atoms with Crippen molar-refractivity contribution in [2.45, 2.75) is 11.5 Å². The first-order chi connectivity index (χ1) is 6.90. The molecule has 1 aromatic carbocycles. The molecule has 0 saturated heterocycles. The van der Waals surface area contributed by atoms with Crippen molar-refractivity contribution in [2.75, 3.05) is 0 Å². The van der Waals surface area contributed by atoms with E-state index in [0.717, 1.165) is 6.07 Å². The fourth-order valence-electron chi connectivity index (χ4n) is 1.09. The van der Waals surface area contributed by atoms with Gasteiger partial charge in [-0.25, -0.2) is 0 Å². The molecule has 0 bridgehead atoms. The van der Waals surface area contributed by atoms with Gasteiger partial charge in [-0.2, -0.15) is 18.4 Å². The number of nitriles is 1. The zero-order chi connectivity index (χ0) is 11.6. The maximum atomic E-state index is 12.6. The smallest absolute Gasteiger partial charge is 0.192 e. The van der Waals surface area contributed by atoms with Gasteiger partial charge in [0.2, 0.25) is 0 Å². The summed E-state index contributed by atoms with van der Waals surface area (Å²) in [7, 11) is 0. The molecular weight excluding hydrogens is 386 g/mol. The third-order valence-corrected chi connectivity index (χ3v) is 3.29. The second kappa shape index (κ2) is 4.70. The highest BCUT2D eigenvalue weighted by Gasteiger charge is 2.34. The molecule has 0 unspecified atom stereocenters. The van der Waals surface area contributed by atoms with Crippen molar-refractivity contribution in [3.05, 3.63) is 32.4 Å². The topological polar surface area (TPSA) is 23.8 Å². The van der Waals surface area contributed by atoms with E-state index in [0.29, 0.717) is 3.57 Å². The predicted octanol–water partition coefficient (Wildman–Crippen LogP) is 4.08. The standard InChI is InChI=1S/C9H4BrF3IN/c10-3-6-7(9(11,12)13)1-5(4-15)2-8(6)14/h1-2H,3H2.